The molecule has 10 heteroatoms. The SMILES string of the molecule is Cc1noc(-c2c(NC(=O)NCc3c(-n4cccc4)sc4c3CCNC4)sc3c2CCCC3)n1. The number of carbonyl (C=O) groups is 1. The van der Waals surface area contributed by atoms with Gasteiger partial charge in [-0.05, 0) is 68.8 Å². The van der Waals surface area contributed by atoms with Crippen LogP contribution in [0.1, 0.15) is 45.1 Å². The first kappa shape index (κ1) is 21.6. The van der Waals surface area contributed by atoms with Gasteiger partial charge >= 0.3 is 6.03 Å². The van der Waals surface area contributed by atoms with Crippen LogP contribution in [-0.2, 0) is 32.4 Å². The predicted molar refractivity (Wildman–Crippen MR) is 134 cm³/mol. The number of fused-ring (bicyclic) bond motifs is 2. The fraction of sp³-hybridized carbons (Fsp3) is 0.375. The molecule has 4 aromatic rings. The second kappa shape index (κ2) is 9.01. The standard InChI is InChI=1S/C24H26N6O2S2/c1-14-27-21(32-29-14)20-16-6-2-3-7-18(16)33-22(20)28-24(31)26-12-17-15-8-9-25-13-19(15)34-23(17)30-10-4-5-11-30/h4-5,10-11,25H,2-3,6-9,12-13H2,1H3,(H2,26,28,31). The smallest absolute Gasteiger partial charge is 0.320 e. The van der Waals surface area contributed by atoms with Gasteiger partial charge < -0.3 is 19.7 Å². The molecule has 6 rings (SSSR count). The largest absolute Gasteiger partial charge is 0.334 e. The minimum atomic E-state index is -0.219. The number of amides is 2. The molecule has 1 aliphatic heterocycles. The number of hydrogen-bond donors (Lipinski definition) is 3. The van der Waals surface area contributed by atoms with Gasteiger partial charge in [0.05, 0.1) is 5.56 Å². The van der Waals surface area contributed by atoms with E-state index < -0.39 is 0 Å². The van der Waals surface area contributed by atoms with Gasteiger partial charge in [-0.1, -0.05) is 5.16 Å². The lowest BCUT2D eigenvalue weighted by Gasteiger charge is -2.15. The van der Waals surface area contributed by atoms with Crippen molar-refractivity contribution in [2.24, 2.45) is 0 Å². The molecule has 0 radical (unpaired) electrons. The van der Waals surface area contributed by atoms with Crippen molar-refractivity contribution in [1.29, 1.82) is 0 Å². The Hall–Kier alpha value is -2.95. The van der Waals surface area contributed by atoms with E-state index in [-0.39, 0.29) is 6.03 Å². The highest BCUT2D eigenvalue weighted by Gasteiger charge is 2.27. The molecule has 8 nitrogen and oxygen atoms in total. The van der Waals surface area contributed by atoms with Gasteiger partial charge in [0.15, 0.2) is 5.82 Å². The summed E-state index contributed by atoms with van der Waals surface area (Å²) in [5, 5.41) is 15.6. The lowest BCUT2D eigenvalue weighted by atomic mass is 9.95. The zero-order chi connectivity index (χ0) is 23.1. The molecule has 0 spiro atoms. The number of carbonyl (C=O) groups excluding carboxylic acids is 1. The number of rotatable bonds is 5. The van der Waals surface area contributed by atoms with E-state index in [4.69, 9.17) is 4.52 Å². The summed E-state index contributed by atoms with van der Waals surface area (Å²) in [4.78, 5) is 20.2. The van der Waals surface area contributed by atoms with Gasteiger partial charge in [0.2, 0.25) is 0 Å². The highest BCUT2D eigenvalue weighted by Crippen LogP contribution is 2.43. The van der Waals surface area contributed by atoms with Crippen LogP contribution in [0.4, 0.5) is 9.80 Å². The second-order valence-corrected chi connectivity index (χ2v) is 10.9. The van der Waals surface area contributed by atoms with Gasteiger partial charge in [-0.2, -0.15) is 4.98 Å². The number of nitrogens with zero attached hydrogens (tertiary/aromatic N) is 3. The molecule has 176 valence electrons. The van der Waals surface area contributed by atoms with Crippen LogP contribution in [0, 0.1) is 6.92 Å². The Labute approximate surface area is 205 Å². The molecule has 0 aromatic carbocycles. The Balaban J connectivity index is 1.25. The Kier molecular flexibility index (Phi) is 5.72. The third-order valence-electron chi connectivity index (χ3n) is 6.42. The molecule has 0 saturated carbocycles. The second-order valence-electron chi connectivity index (χ2n) is 8.67. The van der Waals surface area contributed by atoms with E-state index in [1.165, 1.54) is 37.9 Å². The van der Waals surface area contributed by atoms with E-state index >= 15 is 0 Å². The zero-order valence-electron chi connectivity index (χ0n) is 18.9. The summed E-state index contributed by atoms with van der Waals surface area (Å²) in [6.07, 6.45) is 9.40. The van der Waals surface area contributed by atoms with Crippen LogP contribution in [0.15, 0.2) is 29.0 Å². The number of anilines is 1. The van der Waals surface area contributed by atoms with Gasteiger partial charge in [-0.15, -0.1) is 22.7 Å². The first-order chi connectivity index (χ1) is 16.7. The number of urea groups is 1. The molecule has 0 unspecified atom stereocenters. The monoisotopic (exact) mass is 494 g/mol. The minimum absolute atomic E-state index is 0.219. The number of aryl methyl sites for hydroxylation is 2. The van der Waals surface area contributed by atoms with Crippen LogP contribution < -0.4 is 16.0 Å². The van der Waals surface area contributed by atoms with Crippen LogP contribution in [0.5, 0.6) is 0 Å². The molecule has 0 bridgehead atoms. The van der Waals surface area contributed by atoms with E-state index in [2.05, 4.69) is 43.1 Å². The molecule has 2 aliphatic rings. The topological polar surface area (TPSA) is 97.0 Å². The Bertz CT molecular complexity index is 1330. The lowest BCUT2D eigenvalue weighted by molar-refractivity contribution is 0.252. The van der Waals surface area contributed by atoms with E-state index in [1.807, 2.05) is 19.1 Å². The zero-order valence-corrected chi connectivity index (χ0v) is 20.6. The van der Waals surface area contributed by atoms with E-state index in [1.54, 1.807) is 22.7 Å². The van der Waals surface area contributed by atoms with Crippen LogP contribution >= 0.6 is 22.7 Å². The minimum Gasteiger partial charge on any atom is -0.334 e. The molecular formula is C24H26N6O2S2. The van der Waals surface area contributed by atoms with Crippen molar-refractivity contribution in [1.82, 2.24) is 25.3 Å². The third-order valence-corrected chi connectivity index (χ3v) is 8.92. The Morgan fingerprint density at radius 1 is 1.15 bits per heavy atom. The first-order valence-corrected chi connectivity index (χ1v) is 13.3. The van der Waals surface area contributed by atoms with E-state index in [0.717, 1.165) is 49.3 Å². The average Bonchev–Trinajstić information content (AvgIpc) is 3.62. The maximum absolute atomic E-state index is 13.1. The molecule has 3 N–H and O–H groups in total. The van der Waals surface area contributed by atoms with Gasteiger partial charge in [0.1, 0.15) is 10.0 Å². The molecule has 0 saturated heterocycles. The van der Waals surface area contributed by atoms with Gasteiger partial charge in [0.25, 0.3) is 5.89 Å². The molecule has 0 atom stereocenters. The summed E-state index contributed by atoms with van der Waals surface area (Å²) in [5.41, 5.74) is 4.69. The van der Waals surface area contributed by atoms with Crippen LogP contribution in [0.25, 0.3) is 16.5 Å². The lowest BCUT2D eigenvalue weighted by Crippen LogP contribution is -2.29. The fourth-order valence-corrected chi connectivity index (χ4v) is 7.42. The highest BCUT2D eigenvalue weighted by atomic mass is 32.1. The van der Waals surface area contributed by atoms with Crippen molar-refractivity contribution in [2.45, 2.75) is 52.1 Å². The summed E-state index contributed by atoms with van der Waals surface area (Å²) >= 11 is 3.43. The van der Waals surface area contributed by atoms with Crippen molar-refractivity contribution in [2.75, 3.05) is 11.9 Å². The normalized spacial score (nSPS) is 15.1. The third kappa shape index (κ3) is 3.95. The number of aromatic nitrogens is 3. The molecular weight excluding hydrogens is 468 g/mol. The molecule has 34 heavy (non-hydrogen) atoms. The van der Waals surface area contributed by atoms with Crippen molar-refractivity contribution in [3.8, 4) is 16.5 Å². The van der Waals surface area contributed by atoms with Gasteiger partial charge in [0, 0.05) is 40.8 Å². The van der Waals surface area contributed by atoms with E-state index in [0.29, 0.717) is 18.3 Å². The van der Waals surface area contributed by atoms with E-state index in [9.17, 15) is 4.79 Å². The van der Waals surface area contributed by atoms with Crippen LogP contribution in [0.3, 0.4) is 0 Å². The summed E-state index contributed by atoms with van der Waals surface area (Å²) in [7, 11) is 0. The molecule has 1 aliphatic carbocycles. The summed E-state index contributed by atoms with van der Waals surface area (Å²) in [5.74, 6) is 1.08. The molecule has 4 aromatic heterocycles. The fourth-order valence-electron chi connectivity index (χ4n) is 4.84. The summed E-state index contributed by atoms with van der Waals surface area (Å²) in [6.45, 7) is 4.13. The maximum Gasteiger partial charge on any atom is 0.320 e. The quantitative estimate of drug-likeness (QED) is 0.370. The number of hydrogen-bond acceptors (Lipinski definition) is 7. The maximum atomic E-state index is 13.1. The number of nitrogens with one attached hydrogen (secondary N) is 3. The predicted octanol–water partition coefficient (Wildman–Crippen LogP) is 4.80. The average molecular weight is 495 g/mol. The van der Waals surface area contributed by atoms with Crippen LogP contribution in [-0.4, -0.2) is 27.3 Å². The first-order valence-electron chi connectivity index (χ1n) is 11.6. The Morgan fingerprint density at radius 2 is 2.00 bits per heavy atom. The van der Waals surface area contributed by atoms with Gasteiger partial charge in [-0.3, -0.25) is 5.32 Å². The molecule has 0 fully saturated rings. The summed E-state index contributed by atoms with van der Waals surface area (Å²) < 4.78 is 7.64. The highest BCUT2D eigenvalue weighted by molar-refractivity contribution is 7.17. The van der Waals surface area contributed by atoms with Gasteiger partial charge in [-0.25, -0.2) is 4.79 Å². The van der Waals surface area contributed by atoms with Crippen molar-refractivity contribution < 1.29 is 9.32 Å². The van der Waals surface area contributed by atoms with Crippen molar-refractivity contribution >= 4 is 33.7 Å². The molecule has 2 amide bonds. The Morgan fingerprint density at radius 3 is 2.82 bits per heavy atom. The summed E-state index contributed by atoms with van der Waals surface area (Å²) in [6, 6.07) is 3.84. The number of thiophene rings is 2. The van der Waals surface area contributed by atoms with Crippen molar-refractivity contribution in [3.05, 3.63) is 56.8 Å². The van der Waals surface area contributed by atoms with Crippen molar-refractivity contribution in [3.63, 3.8) is 0 Å². The molecule has 5 heterocycles. The van der Waals surface area contributed by atoms with Crippen LogP contribution in [0.2, 0.25) is 0 Å².